The van der Waals surface area contributed by atoms with Gasteiger partial charge in [-0.3, -0.25) is 4.79 Å². The standard InChI is InChI=1S/C25H30N6OS/c1-4-12-30-13-9-14-31(16-15-30)24-21(28-3)19(5-2)20(17-26)25(29-24)33-22(23(27)32)18-10-7-6-8-11-18/h6-8,10-11,22H,4-5,9,12-16H2,1-2H3,(H2,27,32). The summed E-state index contributed by atoms with van der Waals surface area (Å²) in [4.78, 5) is 25.6. The van der Waals surface area contributed by atoms with Gasteiger partial charge in [0.1, 0.15) is 22.2 Å². The minimum atomic E-state index is -0.675. The predicted molar refractivity (Wildman–Crippen MR) is 132 cm³/mol. The number of carbonyl (C=O) groups is 1. The summed E-state index contributed by atoms with van der Waals surface area (Å²) in [5, 5.41) is 9.75. The van der Waals surface area contributed by atoms with Crippen LogP contribution < -0.4 is 10.6 Å². The number of benzene rings is 1. The highest BCUT2D eigenvalue weighted by molar-refractivity contribution is 8.00. The molecule has 3 rings (SSSR count). The van der Waals surface area contributed by atoms with Crippen molar-refractivity contribution in [1.82, 2.24) is 9.88 Å². The molecule has 1 amide bonds. The molecule has 0 saturated carbocycles. The number of hydrogen-bond donors (Lipinski definition) is 1. The third-order valence-electron chi connectivity index (χ3n) is 5.82. The van der Waals surface area contributed by atoms with Crippen molar-refractivity contribution in [2.45, 2.75) is 43.4 Å². The maximum Gasteiger partial charge on any atom is 0.235 e. The second-order valence-corrected chi connectivity index (χ2v) is 9.11. The van der Waals surface area contributed by atoms with E-state index in [1.165, 1.54) is 11.8 Å². The molecule has 1 aliphatic rings. The molecule has 1 saturated heterocycles. The molecule has 1 fully saturated rings. The molecule has 0 aliphatic carbocycles. The van der Waals surface area contributed by atoms with Crippen LogP contribution in [0.2, 0.25) is 0 Å². The number of aromatic nitrogens is 1. The van der Waals surface area contributed by atoms with Gasteiger partial charge >= 0.3 is 0 Å². The summed E-state index contributed by atoms with van der Waals surface area (Å²) in [5.41, 5.74) is 8.00. The topological polar surface area (TPSA) is 90.6 Å². The maximum absolute atomic E-state index is 12.3. The van der Waals surface area contributed by atoms with E-state index in [1.807, 2.05) is 37.3 Å². The number of thioether (sulfide) groups is 1. The average Bonchev–Trinajstić information content (AvgIpc) is 3.07. The van der Waals surface area contributed by atoms with Crippen LogP contribution in [0.3, 0.4) is 0 Å². The smallest absolute Gasteiger partial charge is 0.235 e. The number of hydrogen-bond acceptors (Lipinski definition) is 6. The maximum atomic E-state index is 12.3. The highest BCUT2D eigenvalue weighted by Gasteiger charge is 2.28. The van der Waals surface area contributed by atoms with E-state index >= 15 is 0 Å². The van der Waals surface area contributed by atoms with Crippen molar-refractivity contribution < 1.29 is 4.79 Å². The van der Waals surface area contributed by atoms with E-state index < -0.39 is 11.2 Å². The quantitative estimate of drug-likeness (QED) is 0.464. The molecule has 1 unspecified atom stereocenters. The number of rotatable bonds is 8. The molecule has 1 aromatic heterocycles. The largest absolute Gasteiger partial charge is 0.368 e. The second-order valence-electron chi connectivity index (χ2n) is 8.01. The van der Waals surface area contributed by atoms with E-state index in [0.717, 1.165) is 51.1 Å². The lowest BCUT2D eigenvalue weighted by Crippen LogP contribution is -2.32. The van der Waals surface area contributed by atoms with Crippen LogP contribution in [-0.4, -0.2) is 48.5 Å². The highest BCUT2D eigenvalue weighted by Crippen LogP contribution is 2.42. The van der Waals surface area contributed by atoms with Crippen LogP contribution in [0.1, 0.15) is 48.6 Å². The van der Waals surface area contributed by atoms with Gasteiger partial charge < -0.3 is 15.5 Å². The molecule has 2 heterocycles. The Morgan fingerprint density at radius 2 is 2.03 bits per heavy atom. The van der Waals surface area contributed by atoms with E-state index in [2.05, 4.69) is 27.6 Å². The summed E-state index contributed by atoms with van der Waals surface area (Å²) in [6.07, 6.45) is 2.63. The molecule has 2 N–H and O–H groups in total. The normalized spacial score (nSPS) is 15.3. The molecule has 1 aliphatic heterocycles. The average molecular weight is 463 g/mol. The lowest BCUT2D eigenvalue weighted by molar-refractivity contribution is -0.117. The lowest BCUT2D eigenvalue weighted by atomic mass is 10.1. The molecule has 0 radical (unpaired) electrons. The van der Waals surface area contributed by atoms with Gasteiger partial charge in [0.15, 0.2) is 0 Å². The summed E-state index contributed by atoms with van der Waals surface area (Å²) < 4.78 is 0. The monoisotopic (exact) mass is 462 g/mol. The van der Waals surface area contributed by atoms with Crippen LogP contribution in [0, 0.1) is 17.9 Å². The first-order valence-electron chi connectivity index (χ1n) is 11.4. The van der Waals surface area contributed by atoms with Gasteiger partial charge in [0.25, 0.3) is 0 Å². The van der Waals surface area contributed by atoms with E-state index in [-0.39, 0.29) is 0 Å². The minimum Gasteiger partial charge on any atom is -0.368 e. The zero-order valence-electron chi connectivity index (χ0n) is 19.3. The van der Waals surface area contributed by atoms with Crippen molar-refractivity contribution >= 4 is 29.2 Å². The minimum absolute atomic E-state index is 0.363. The SMILES string of the molecule is [C-]#[N+]c1c(N2CCCN(CCC)CC2)nc(SC(C(N)=O)c2ccccc2)c(C#N)c1CC. The zero-order chi connectivity index (χ0) is 23.8. The molecule has 0 bridgehead atoms. The number of anilines is 1. The fraction of sp³-hybridized carbons (Fsp3) is 0.440. The van der Waals surface area contributed by atoms with E-state index in [0.29, 0.717) is 34.1 Å². The number of nitriles is 1. The Kier molecular flexibility index (Phi) is 8.71. The zero-order valence-corrected chi connectivity index (χ0v) is 20.1. The molecule has 33 heavy (non-hydrogen) atoms. The van der Waals surface area contributed by atoms with Gasteiger partial charge in [0, 0.05) is 19.6 Å². The lowest BCUT2D eigenvalue weighted by Gasteiger charge is -2.26. The number of amides is 1. The van der Waals surface area contributed by atoms with Gasteiger partial charge in [-0.15, -0.1) is 0 Å². The molecule has 7 nitrogen and oxygen atoms in total. The summed E-state index contributed by atoms with van der Waals surface area (Å²) in [6.45, 7) is 16.5. The molecule has 1 atom stereocenters. The van der Waals surface area contributed by atoms with Crippen LogP contribution in [0.15, 0.2) is 35.4 Å². The van der Waals surface area contributed by atoms with Crippen LogP contribution >= 0.6 is 11.8 Å². The van der Waals surface area contributed by atoms with Gasteiger partial charge in [-0.05, 0) is 43.5 Å². The number of carbonyl (C=O) groups excluding carboxylic acids is 1. The first-order chi connectivity index (χ1) is 16.0. The third-order valence-corrected chi connectivity index (χ3v) is 7.07. The Labute approximate surface area is 200 Å². The predicted octanol–water partition coefficient (Wildman–Crippen LogP) is 4.31. The number of pyridine rings is 1. The van der Waals surface area contributed by atoms with Crippen molar-refractivity contribution in [3.8, 4) is 6.07 Å². The first kappa shape index (κ1) is 24.6. The van der Waals surface area contributed by atoms with E-state index in [1.54, 1.807) is 0 Å². The molecule has 8 heteroatoms. The summed E-state index contributed by atoms with van der Waals surface area (Å²) in [7, 11) is 0. The van der Waals surface area contributed by atoms with Crippen LogP contribution in [0.4, 0.5) is 11.5 Å². The number of nitrogens with zero attached hydrogens (tertiary/aromatic N) is 5. The second kappa shape index (κ2) is 11.7. The summed E-state index contributed by atoms with van der Waals surface area (Å²) >= 11 is 1.19. The van der Waals surface area contributed by atoms with E-state index in [4.69, 9.17) is 17.3 Å². The van der Waals surface area contributed by atoms with Crippen molar-refractivity contribution in [3.63, 3.8) is 0 Å². The fourth-order valence-electron chi connectivity index (χ4n) is 4.22. The van der Waals surface area contributed by atoms with Gasteiger partial charge in [-0.25, -0.2) is 9.83 Å². The molecule has 2 aromatic rings. The Bertz CT molecular complexity index is 1060. The Morgan fingerprint density at radius 3 is 2.64 bits per heavy atom. The molecular formula is C25H30N6OS. The third kappa shape index (κ3) is 5.65. The first-order valence-corrected chi connectivity index (χ1v) is 12.2. The van der Waals surface area contributed by atoms with Crippen molar-refractivity contribution in [2.24, 2.45) is 5.73 Å². The van der Waals surface area contributed by atoms with Gasteiger partial charge in [0.05, 0.1) is 12.1 Å². The van der Waals surface area contributed by atoms with Crippen LogP contribution in [0.5, 0.6) is 0 Å². The Morgan fingerprint density at radius 1 is 1.27 bits per heavy atom. The van der Waals surface area contributed by atoms with Crippen molar-refractivity contribution in [3.05, 3.63) is 58.4 Å². The Balaban J connectivity index is 2.06. The van der Waals surface area contributed by atoms with E-state index in [9.17, 15) is 10.1 Å². The van der Waals surface area contributed by atoms with Gasteiger partial charge in [-0.2, -0.15) is 5.26 Å². The summed E-state index contributed by atoms with van der Waals surface area (Å²) in [5.74, 6) is 0.119. The summed E-state index contributed by atoms with van der Waals surface area (Å²) in [6, 6.07) is 11.5. The molecule has 172 valence electrons. The van der Waals surface area contributed by atoms with Crippen molar-refractivity contribution in [1.29, 1.82) is 5.26 Å². The number of primary amides is 1. The fourth-order valence-corrected chi connectivity index (χ4v) is 5.28. The molecular weight excluding hydrogens is 432 g/mol. The van der Waals surface area contributed by atoms with Crippen LogP contribution in [0.25, 0.3) is 4.85 Å². The van der Waals surface area contributed by atoms with Gasteiger partial charge in [-0.1, -0.05) is 55.9 Å². The van der Waals surface area contributed by atoms with Gasteiger partial charge in [0.2, 0.25) is 11.6 Å². The van der Waals surface area contributed by atoms with Crippen LogP contribution in [-0.2, 0) is 11.2 Å². The van der Waals surface area contributed by atoms with Crippen molar-refractivity contribution in [2.75, 3.05) is 37.6 Å². The molecule has 0 spiro atoms. The number of nitrogens with two attached hydrogens (primary N) is 1. The molecule has 1 aromatic carbocycles. The Hall–Kier alpha value is -3.07. The highest BCUT2D eigenvalue weighted by atomic mass is 32.2.